The molecule has 0 aliphatic carbocycles. The third-order valence-electron chi connectivity index (χ3n) is 4.99. The van der Waals surface area contributed by atoms with Crippen LogP contribution in [0.1, 0.15) is 49.8 Å². The second kappa shape index (κ2) is 7.57. The van der Waals surface area contributed by atoms with E-state index < -0.39 is 0 Å². The zero-order valence-corrected chi connectivity index (χ0v) is 15.8. The van der Waals surface area contributed by atoms with Crippen molar-refractivity contribution in [3.8, 4) is 0 Å². The lowest BCUT2D eigenvalue weighted by atomic mass is 9.94. The Balaban J connectivity index is 2.00. The first-order valence-corrected chi connectivity index (χ1v) is 8.96. The molecule has 0 bridgehead atoms. The topological polar surface area (TPSA) is 29.1 Å². The van der Waals surface area contributed by atoms with E-state index in [4.69, 9.17) is 0 Å². The van der Waals surface area contributed by atoms with Crippen LogP contribution in [0.25, 0.3) is 0 Å². The Labute approximate surface area is 155 Å². The van der Waals surface area contributed by atoms with Gasteiger partial charge in [-0.05, 0) is 67.1 Å². The Bertz CT molecular complexity index is 928. The molecule has 0 aromatic heterocycles. The van der Waals surface area contributed by atoms with Gasteiger partial charge in [-0.1, -0.05) is 60.7 Å². The molecule has 26 heavy (non-hydrogen) atoms. The second-order valence-corrected chi connectivity index (χ2v) is 6.93. The van der Waals surface area contributed by atoms with Crippen LogP contribution in [0.15, 0.2) is 66.7 Å². The van der Waals surface area contributed by atoms with Crippen molar-refractivity contribution in [2.24, 2.45) is 0 Å². The fourth-order valence-electron chi connectivity index (χ4n) is 3.31. The van der Waals surface area contributed by atoms with Crippen molar-refractivity contribution in [1.82, 2.24) is 5.32 Å². The number of carbonyl (C=O) groups excluding carboxylic acids is 1. The Morgan fingerprint density at radius 2 is 1.35 bits per heavy atom. The standard InChI is InChI=1S/C24H25NO/c1-16-10-8-9-13-21(16)23(20-11-6-5-7-12-20)25-24(26)22-15-18(3)17(2)14-19(22)4/h5-15,23H,1-4H3,(H,25,26)/t23-/m0/s1. The fraction of sp³-hybridized carbons (Fsp3) is 0.208. The number of rotatable bonds is 4. The molecule has 3 aromatic carbocycles. The third kappa shape index (κ3) is 3.70. The summed E-state index contributed by atoms with van der Waals surface area (Å²) in [6, 6.07) is 22.2. The molecule has 0 unspecified atom stereocenters. The highest BCUT2D eigenvalue weighted by molar-refractivity contribution is 5.96. The van der Waals surface area contributed by atoms with Crippen molar-refractivity contribution in [3.63, 3.8) is 0 Å². The van der Waals surface area contributed by atoms with E-state index in [1.54, 1.807) is 0 Å². The molecule has 0 saturated heterocycles. The van der Waals surface area contributed by atoms with Crippen LogP contribution in [0.4, 0.5) is 0 Å². The van der Waals surface area contributed by atoms with E-state index in [2.05, 4.69) is 49.5 Å². The Morgan fingerprint density at radius 1 is 0.731 bits per heavy atom. The number of aryl methyl sites for hydroxylation is 4. The van der Waals surface area contributed by atoms with Gasteiger partial charge in [0.25, 0.3) is 5.91 Å². The molecule has 1 atom stereocenters. The molecule has 2 heteroatoms. The van der Waals surface area contributed by atoms with E-state index in [-0.39, 0.29) is 11.9 Å². The van der Waals surface area contributed by atoms with Crippen LogP contribution in [0, 0.1) is 27.7 Å². The van der Waals surface area contributed by atoms with Crippen LogP contribution in [0.3, 0.4) is 0 Å². The summed E-state index contributed by atoms with van der Waals surface area (Å²) in [5.41, 5.74) is 7.44. The van der Waals surface area contributed by atoms with Crippen LogP contribution in [0.2, 0.25) is 0 Å². The minimum absolute atomic E-state index is 0.0392. The van der Waals surface area contributed by atoms with E-state index in [1.165, 1.54) is 11.1 Å². The quantitative estimate of drug-likeness (QED) is 0.671. The molecule has 3 rings (SSSR count). The van der Waals surface area contributed by atoms with Gasteiger partial charge in [0.1, 0.15) is 0 Å². The van der Waals surface area contributed by atoms with Gasteiger partial charge in [-0.15, -0.1) is 0 Å². The van der Waals surface area contributed by atoms with Gasteiger partial charge in [0.05, 0.1) is 6.04 Å². The molecule has 0 aliphatic heterocycles. The average molecular weight is 343 g/mol. The summed E-state index contributed by atoms with van der Waals surface area (Å²) in [5, 5.41) is 3.26. The largest absolute Gasteiger partial charge is 0.341 e. The first kappa shape index (κ1) is 17.9. The van der Waals surface area contributed by atoms with Crippen molar-refractivity contribution in [2.45, 2.75) is 33.7 Å². The maximum atomic E-state index is 13.1. The van der Waals surface area contributed by atoms with Gasteiger partial charge < -0.3 is 5.32 Å². The summed E-state index contributed by atoms with van der Waals surface area (Å²) in [6.45, 7) is 8.19. The number of nitrogens with one attached hydrogen (secondary N) is 1. The lowest BCUT2D eigenvalue weighted by Crippen LogP contribution is -2.30. The molecular formula is C24H25NO. The van der Waals surface area contributed by atoms with E-state index in [0.29, 0.717) is 0 Å². The molecule has 132 valence electrons. The highest BCUT2D eigenvalue weighted by Gasteiger charge is 2.20. The summed E-state index contributed by atoms with van der Waals surface area (Å²) >= 11 is 0. The summed E-state index contributed by atoms with van der Waals surface area (Å²) in [6.07, 6.45) is 0. The van der Waals surface area contributed by atoms with Gasteiger partial charge in [-0.3, -0.25) is 4.79 Å². The maximum Gasteiger partial charge on any atom is 0.252 e. The minimum atomic E-state index is -0.175. The lowest BCUT2D eigenvalue weighted by Gasteiger charge is -2.22. The Hall–Kier alpha value is -2.87. The van der Waals surface area contributed by atoms with Crippen LogP contribution < -0.4 is 5.32 Å². The maximum absolute atomic E-state index is 13.1. The van der Waals surface area contributed by atoms with Crippen molar-refractivity contribution >= 4 is 5.91 Å². The second-order valence-electron chi connectivity index (χ2n) is 6.93. The predicted molar refractivity (Wildman–Crippen MR) is 108 cm³/mol. The lowest BCUT2D eigenvalue weighted by molar-refractivity contribution is 0.0942. The third-order valence-corrected chi connectivity index (χ3v) is 4.99. The number of benzene rings is 3. The van der Waals surface area contributed by atoms with Gasteiger partial charge in [0.15, 0.2) is 0 Å². The molecular weight excluding hydrogens is 318 g/mol. The van der Waals surface area contributed by atoms with E-state index >= 15 is 0 Å². The summed E-state index contributed by atoms with van der Waals surface area (Å²) in [4.78, 5) is 13.1. The molecule has 1 amide bonds. The van der Waals surface area contributed by atoms with Gasteiger partial charge >= 0.3 is 0 Å². The fourth-order valence-corrected chi connectivity index (χ4v) is 3.31. The molecule has 0 fully saturated rings. The van der Waals surface area contributed by atoms with E-state index in [1.807, 2.05) is 50.2 Å². The molecule has 0 spiro atoms. The minimum Gasteiger partial charge on any atom is -0.341 e. The normalized spacial score (nSPS) is 11.8. The summed E-state index contributed by atoms with van der Waals surface area (Å²) in [5.74, 6) is -0.0392. The number of amides is 1. The van der Waals surface area contributed by atoms with Crippen molar-refractivity contribution in [3.05, 3.63) is 106 Å². The Kier molecular flexibility index (Phi) is 5.22. The van der Waals surface area contributed by atoms with Crippen LogP contribution in [0.5, 0.6) is 0 Å². The monoisotopic (exact) mass is 343 g/mol. The van der Waals surface area contributed by atoms with Crippen molar-refractivity contribution in [2.75, 3.05) is 0 Å². The summed E-state index contributed by atoms with van der Waals surface area (Å²) in [7, 11) is 0. The van der Waals surface area contributed by atoms with Crippen molar-refractivity contribution < 1.29 is 4.79 Å². The highest BCUT2D eigenvalue weighted by atomic mass is 16.1. The van der Waals surface area contributed by atoms with Crippen LogP contribution in [-0.4, -0.2) is 5.91 Å². The zero-order valence-electron chi connectivity index (χ0n) is 15.8. The van der Waals surface area contributed by atoms with Crippen LogP contribution in [-0.2, 0) is 0 Å². The Morgan fingerprint density at radius 3 is 2.04 bits per heavy atom. The zero-order chi connectivity index (χ0) is 18.7. The van der Waals surface area contributed by atoms with Gasteiger partial charge in [0, 0.05) is 5.56 Å². The smallest absolute Gasteiger partial charge is 0.252 e. The average Bonchev–Trinajstić information content (AvgIpc) is 2.64. The molecule has 0 radical (unpaired) electrons. The first-order valence-electron chi connectivity index (χ1n) is 8.96. The summed E-state index contributed by atoms with van der Waals surface area (Å²) < 4.78 is 0. The van der Waals surface area contributed by atoms with Crippen molar-refractivity contribution in [1.29, 1.82) is 0 Å². The van der Waals surface area contributed by atoms with E-state index in [9.17, 15) is 4.79 Å². The van der Waals surface area contributed by atoms with E-state index in [0.717, 1.165) is 27.8 Å². The molecule has 0 heterocycles. The molecule has 0 aliphatic rings. The molecule has 0 saturated carbocycles. The highest BCUT2D eigenvalue weighted by Crippen LogP contribution is 2.26. The van der Waals surface area contributed by atoms with Gasteiger partial charge in [-0.2, -0.15) is 0 Å². The first-order chi connectivity index (χ1) is 12.5. The number of hydrogen-bond acceptors (Lipinski definition) is 1. The molecule has 3 aromatic rings. The number of carbonyl (C=O) groups is 1. The SMILES string of the molecule is Cc1cc(C)c(C(=O)N[C@@H](c2ccccc2)c2ccccc2C)cc1C. The van der Waals surface area contributed by atoms with Gasteiger partial charge in [-0.25, -0.2) is 0 Å². The molecule has 1 N–H and O–H groups in total. The number of hydrogen-bond donors (Lipinski definition) is 1. The van der Waals surface area contributed by atoms with Gasteiger partial charge in [0.2, 0.25) is 0 Å². The van der Waals surface area contributed by atoms with Crippen LogP contribution >= 0.6 is 0 Å². The predicted octanol–water partition coefficient (Wildman–Crippen LogP) is 5.44. The molecule has 2 nitrogen and oxygen atoms in total.